The molecular weight excluding hydrogens is 956 g/mol. The Morgan fingerprint density at radius 3 is 2.46 bits per heavy atom. The molecule has 6 amide bonds. The summed E-state index contributed by atoms with van der Waals surface area (Å²) in [6.07, 6.45) is 5.11. The van der Waals surface area contributed by atoms with E-state index in [0.717, 1.165) is 0 Å². The molecular formula is C50H48F3N11O7S. The lowest BCUT2D eigenvalue weighted by molar-refractivity contribution is -0.138. The molecule has 5 aliphatic rings. The van der Waals surface area contributed by atoms with Gasteiger partial charge in [-0.2, -0.15) is 0 Å². The fourth-order valence-electron chi connectivity index (χ4n) is 9.96. The molecule has 10 rings (SSSR count). The van der Waals surface area contributed by atoms with Crippen LogP contribution in [0.4, 0.5) is 29.7 Å². The molecule has 5 aliphatic heterocycles. The van der Waals surface area contributed by atoms with Gasteiger partial charge in [0.05, 0.1) is 42.8 Å². The molecule has 5 aromatic rings. The van der Waals surface area contributed by atoms with Crippen molar-refractivity contribution in [2.45, 2.75) is 94.4 Å². The van der Waals surface area contributed by atoms with Gasteiger partial charge in [-0.25, -0.2) is 28.1 Å². The van der Waals surface area contributed by atoms with Crippen molar-refractivity contribution in [2.24, 2.45) is 0 Å². The molecule has 0 aliphatic carbocycles. The van der Waals surface area contributed by atoms with Crippen LogP contribution in [-0.2, 0) is 38.7 Å². The number of fused-ring (bicyclic) bond motifs is 2. The number of amides is 6. The van der Waals surface area contributed by atoms with Gasteiger partial charge in [-0.1, -0.05) is 11.8 Å². The van der Waals surface area contributed by atoms with Crippen LogP contribution in [0.2, 0.25) is 0 Å². The van der Waals surface area contributed by atoms with E-state index in [1.54, 1.807) is 33.0 Å². The number of aliphatic hydroxyl groups is 1. The van der Waals surface area contributed by atoms with E-state index in [4.69, 9.17) is 0 Å². The van der Waals surface area contributed by atoms with E-state index >= 15 is 8.78 Å². The van der Waals surface area contributed by atoms with Crippen molar-refractivity contribution >= 4 is 63.3 Å². The number of imidazole rings is 1. The third-order valence-electron chi connectivity index (χ3n) is 13.9. The van der Waals surface area contributed by atoms with Gasteiger partial charge in [-0.3, -0.25) is 39.4 Å². The Morgan fingerprint density at radius 2 is 1.74 bits per heavy atom. The van der Waals surface area contributed by atoms with Crippen LogP contribution >= 0.6 is 11.3 Å². The zero-order chi connectivity index (χ0) is 50.3. The van der Waals surface area contributed by atoms with Crippen molar-refractivity contribution in [1.82, 2.24) is 40.0 Å². The fraction of sp³-hybridized carbons (Fsp3) is 0.380. The molecule has 8 heterocycles. The summed E-state index contributed by atoms with van der Waals surface area (Å²) in [6.45, 7) is 1.25. The summed E-state index contributed by atoms with van der Waals surface area (Å²) in [4.78, 5) is 95.4. The standard InChI is InChI=1S/C50H48F3N11O7S/c51-30-21-40-43(56-27-63(40)25-30)44(47(69)60-49-54-13-18-72-49)64-26-34-33(48(64)70)19-29(20-35(34)52)2-1-28-3-5-37(55-24-28)45(67)58-31-9-14-62(15-10-31)42(66)23-50(71)11-16-61(17-12-50)39-7-4-32(22-36(39)53)57-38-6-8-41(65)59-46(38)68/h3-5,7,13,18-20,22,24,27,30-31,38,44,57,71H,6,8-12,14-17,21,23,25-26H2,(H,58,67)(H,54,60,69)(H,59,65,68)/t30-,38?,44?/m1/s1. The highest BCUT2D eigenvalue weighted by molar-refractivity contribution is 7.13. The second kappa shape index (κ2) is 19.9. The van der Waals surface area contributed by atoms with Crippen molar-refractivity contribution in [3.63, 3.8) is 0 Å². The summed E-state index contributed by atoms with van der Waals surface area (Å²) in [7, 11) is 0. The van der Waals surface area contributed by atoms with Crippen LogP contribution < -0.4 is 26.2 Å². The third kappa shape index (κ3) is 10.1. The summed E-state index contributed by atoms with van der Waals surface area (Å²) in [5.41, 5.74) is 1.05. The van der Waals surface area contributed by atoms with Crippen LogP contribution in [0.25, 0.3) is 0 Å². The van der Waals surface area contributed by atoms with Gasteiger partial charge >= 0.3 is 0 Å². The van der Waals surface area contributed by atoms with Gasteiger partial charge in [-0.15, -0.1) is 11.3 Å². The number of aromatic nitrogens is 4. The number of alkyl halides is 1. The SMILES string of the molecule is O=C1CCC(Nc2ccc(N3CCC(O)(CC(=O)N4CCC(NC(=O)c5ccc(C#Cc6cc(F)c7c(c6)C(=O)N(C(C(=O)Nc6nccs6)c6ncn8c6C[C@@H](F)C8)C7)cn5)CC4)CC3)c(F)c2)C(=O)N1. The van der Waals surface area contributed by atoms with Crippen LogP contribution in [0, 0.1) is 23.5 Å². The van der Waals surface area contributed by atoms with Gasteiger partial charge in [0, 0.05) is 96.5 Å². The normalized spacial score (nSPS) is 20.0. The van der Waals surface area contributed by atoms with Crippen LogP contribution in [0.3, 0.4) is 0 Å². The number of benzene rings is 2. The molecule has 3 fully saturated rings. The van der Waals surface area contributed by atoms with E-state index in [-0.39, 0.29) is 91.1 Å². The number of thiazole rings is 1. The molecule has 0 bridgehead atoms. The Labute approximate surface area is 414 Å². The number of hydrogen-bond donors (Lipinski definition) is 5. The van der Waals surface area contributed by atoms with Crippen molar-refractivity contribution in [3.05, 3.63) is 118 Å². The summed E-state index contributed by atoms with van der Waals surface area (Å²) in [6, 6.07) is 8.17. The lowest BCUT2D eigenvalue weighted by Gasteiger charge is -2.40. The third-order valence-corrected chi connectivity index (χ3v) is 14.5. The van der Waals surface area contributed by atoms with E-state index in [2.05, 4.69) is 48.1 Å². The van der Waals surface area contributed by atoms with Crippen molar-refractivity contribution < 1.29 is 47.0 Å². The van der Waals surface area contributed by atoms with Crippen LogP contribution in [0.5, 0.6) is 0 Å². The number of imide groups is 1. The van der Waals surface area contributed by atoms with E-state index in [1.807, 2.05) is 4.90 Å². The maximum Gasteiger partial charge on any atom is 0.270 e. The Hall–Kier alpha value is -7.64. The number of halogens is 3. The predicted molar refractivity (Wildman–Crippen MR) is 255 cm³/mol. The molecule has 18 nitrogen and oxygen atoms in total. The number of carbonyl (C=O) groups is 6. The molecule has 0 saturated carbocycles. The van der Waals surface area contributed by atoms with Gasteiger partial charge < -0.3 is 35.0 Å². The maximum atomic E-state index is 15.7. The van der Waals surface area contributed by atoms with Crippen molar-refractivity contribution in [2.75, 3.05) is 41.7 Å². The number of hydrogen-bond acceptors (Lipinski definition) is 13. The minimum atomic E-state index is -1.29. The maximum absolute atomic E-state index is 15.7. The topological polar surface area (TPSA) is 224 Å². The number of nitrogens with one attached hydrogen (secondary N) is 4. The minimum absolute atomic E-state index is 0.0168. The smallest absolute Gasteiger partial charge is 0.270 e. The highest BCUT2D eigenvalue weighted by Crippen LogP contribution is 2.37. The average molecular weight is 1000 g/mol. The van der Waals surface area contributed by atoms with E-state index in [0.29, 0.717) is 73.2 Å². The lowest BCUT2D eigenvalue weighted by atomic mass is 9.87. The largest absolute Gasteiger partial charge is 0.389 e. The van der Waals surface area contributed by atoms with Gasteiger partial charge in [0.15, 0.2) is 11.2 Å². The summed E-state index contributed by atoms with van der Waals surface area (Å²) in [5, 5.41) is 24.3. The van der Waals surface area contributed by atoms with Crippen LogP contribution in [-0.4, -0.2) is 120 Å². The van der Waals surface area contributed by atoms with Crippen molar-refractivity contribution in [1.29, 1.82) is 0 Å². The monoisotopic (exact) mass is 1000 g/mol. The summed E-state index contributed by atoms with van der Waals surface area (Å²) < 4.78 is 47.0. The van der Waals surface area contributed by atoms with E-state index in [1.165, 1.54) is 59.2 Å². The summed E-state index contributed by atoms with van der Waals surface area (Å²) >= 11 is 1.18. The highest BCUT2D eigenvalue weighted by Gasteiger charge is 2.43. The molecule has 5 N–H and O–H groups in total. The first kappa shape index (κ1) is 48.0. The highest BCUT2D eigenvalue weighted by atomic mass is 32.1. The molecule has 3 atom stereocenters. The number of nitrogens with zero attached hydrogens (tertiary/aromatic N) is 7. The zero-order valence-electron chi connectivity index (χ0n) is 38.6. The predicted octanol–water partition coefficient (Wildman–Crippen LogP) is 4.00. The minimum Gasteiger partial charge on any atom is -0.389 e. The van der Waals surface area contributed by atoms with Gasteiger partial charge in [0.2, 0.25) is 17.7 Å². The number of carbonyl (C=O) groups excluding carboxylic acids is 6. The molecule has 3 aromatic heterocycles. The molecule has 372 valence electrons. The Balaban J connectivity index is 0.698. The molecule has 2 unspecified atom stereocenters. The first-order chi connectivity index (χ1) is 34.7. The van der Waals surface area contributed by atoms with Gasteiger partial charge in [0.1, 0.15) is 29.5 Å². The molecule has 22 heteroatoms. The molecule has 72 heavy (non-hydrogen) atoms. The van der Waals surface area contributed by atoms with Gasteiger partial charge in [0.25, 0.3) is 17.7 Å². The first-order valence-corrected chi connectivity index (χ1v) is 24.5. The second-order valence-electron chi connectivity index (χ2n) is 18.7. The zero-order valence-corrected chi connectivity index (χ0v) is 39.4. The Bertz CT molecular complexity index is 3030. The quantitative estimate of drug-likeness (QED) is 0.0936. The number of likely N-dealkylation sites (tertiary alicyclic amines) is 1. The van der Waals surface area contributed by atoms with E-state index in [9.17, 15) is 38.3 Å². The average Bonchev–Trinajstić information content (AvgIpc) is 4.17. The molecule has 0 spiro atoms. The lowest BCUT2D eigenvalue weighted by Crippen LogP contribution is -2.50. The first-order valence-electron chi connectivity index (χ1n) is 23.6. The Morgan fingerprint density at radius 1 is 0.944 bits per heavy atom. The molecule has 2 aromatic carbocycles. The second-order valence-corrected chi connectivity index (χ2v) is 19.6. The number of pyridine rings is 1. The van der Waals surface area contributed by atoms with Crippen LogP contribution in [0.1, 0.15) is 99.9 Å². The number of anilines is 3. The Kier molecular flexibility index (Phi) is 13.2. The number of piperidine rings is 3. The van der Waals surface area contributed by atoms with E-state index < -0.39 is 59.1 Å². The fourth-order valence-corrected chi connectivity index (χ4v) is 10.5. The van der Waals surface area contributed by atoms with Crippen molar-refractivity contribution in [3.8, 4) is 11.8 Å². The molecule has 3 saturated heterocycles. The van der Waals surface area contributed by atoms with Gasteiger partial charge in [-0.05, 0) is 74.6 Å². The van der Waals surface area contributed by atoms with Crippen LogP contribution in [0.15, 0.2) is 66.6 Å². The number of rotatable bonds is 11. The molecule has 0 radical (unpaired) electrons. The summed E-state index contributed by atoms with van der Waals surface area (Å²) in [5.74, 6) is 1.94.